The minimum Gasteiger partial charge on any atom is -0.349 e. The van der Waals surface area contributed by atoms with Gasteiger partial charge in [0, 0.05) is 25.6 Å². The van der Waals surface area contributed by atoms with Crippen LogP contribution in [0, 0.1) is 0 Å². The van der Waals surface area contributed by atoms with Crippen LogP contribution in [0.15, 0.2) is 6.33 Å². The minimum absolute atomic E-state index is 0.0591. The molecule has 1 aromatic heterocycles. The predicted octanol–water partition coefficient (Wildman–Crippen LogP) is 0.0563. The van der Waals surface area contributed by atoms with Crippen LogP contribution in [0.1, 0.15) is 32.0 Å². The number of rotatable bonds is 7. The molecule has 1 saturated carbocycles. The number of carbonyl (C=O) groups excluding carboxylic acids is 1. The molecule has 0 bridgehead atoms. The molecular formula is C11H19N5O. The molecule has 0 aliphatic heterocycles. The van der Waals surface area contributed by atoms with Gasteiger partial charge in [-0.15, -0.1) is 10.2 Å². The number of amides is 1. The molecule has 94 valence electrons. The highest BCUT2D eigenvalue weighted by atomic mass is 16.1. The van der Waals surface area contributed by atoms with Crippen LogP contribution in [0.25, 0.3) is 0 Å². The van der Waals surface area contributed by atoms with Crippen molar-refractivity contribution in [2.24, 2.45) is 0 Å². The van der Waals surface area contributed by atoms with Gasteiger partial charge in [-0.1, -0.05) is 0 Å². The van der Waals surface area contributed by atoms with Crippen LogP contribution >= 0.6 is 0 Å². The summed E-state index contributed by atoms with van der Waals surface area (Å²) in [5.41, 5.74) is 0. The predicted molar refractivity (Wildman–Crippen MR) is 63.2 cm³/mol. The lowest BCUT2D eigenvalue weighted by atomic mass is 10.4. The van der Waals surface area contributed by atoms with Crippen LogP contribution in [0.5, 0.6) is 0 Å². The summed E-state index contributed by atoms with van der Waals surface area (Å²) in [6.07, 6.45) is 4.70. The van der Waals surface area contributed by atoms with E-state index in [1.807, 2.05) is 11.5 Å². The van der Waals surface area contributed by atoms with Crippen LogP contribution < -0.4 is 10.6 Å². The third-order valence-electron chi connectivity index (χ3n) is 2.84. The van der Waals surface area contributed by atoms with E-state index in [0.29, 0.717) is 19.0 Å². The van der Waals surface area contributed by atoms with Gasteiger partial charge in [0.2, 0.25) is 5.91 Å². The zero-order valence-corrected chi connectivity index (χ0v) is 10.1. The van der Waals surface area contributed by atoms with Crippen molar-refractivity contribution in [1.82, 2.24) is 25.4 Å². The molecule has 2 rings (SSSR count). The van der Waals surface area contributed by atoms with E-state index in [0.717, 1.165) is 18.9 Å². The van der Waals surface area contributed by atoms with Gasteiger partial charge in [0.15, 0.2) is 5.82 Å². The van der Waals surface area contributed by atoms with Crippen molar-refractivity contribution < 1.29 is 4.79 Å². The average molecular weight is 237 g/mol. The summed E-state index contributed by atoms with van der Waals surface area (Å²) in [4.78, 5) is 11.5. The van der Waals surface area contributed by atoms with Crippen molar-refractivity contribution in [3.05, 3.63) is 12.2 Å². The Labute approximate surface area is 101 Å². The molecule has 0 spiro atoms. The monoisotopic (exact) mass is 237 g/mol. The number of carbonyl (C=O) groups is 1. The molecule has 6 nitrogen and oxygen atoms in total. The van der Waals surface area contributed by atoms with E-state index in [2.05, 4.69) is 20.8 Å². The van der Waals surface area contributed by atoms with E-state index in [-0.39, 0.29) is 5.91 Å². The SMILES string of the molecule is CCn1cnnc1CNC(=O)CCNC1CC1. The third-order valence-corrected chi connectivity index (χ3v) is 2.84. The number of hydrogen-bond donors (Lipinski definition) is 2. The Morgan fingerprint density at radius 1 is 1.59 bits per heavy atom. The highest BCUT2D eigenvalue weighted by Crippen LogP contribution is 2.18. The lowest BCUT2D eigenvalue weighted by Crippen LogP contribution is -2.29. The van der Waals surface area contributed by atoms with E-state index in [9.17, 15) is 4.79 Å². The number of aryl methyl sites for hydroxylation is 1. The second-order valence-corrected chi connectivity index (χ2v) is 4.29. The van der Waals surface area contributed by atoms with Crippen LogP contribution in [0.2, 0.25) is 0 Å². The molecule has 1 aromatic rings. The van der Waals surface area contributed by atoms with E-state index >= 15 is 0 Å². The summed E-state index contributed by atoms with van der Waals surface area (Å²) in [6.45, 7) is 4.06. The molecule has 0 aromatic carbocycles. The fraction of sp³-hybridized carbons (Fsp3) is 0.727. The second-order valence-electron chi connectivity index (χ2n) is 4.29. The molecule has 2 N–H and O–H groups in total. The van der Waals surface area contributed by atoms with Gasteiger partial charge in [0.05, 0.1) is 6.54 Å². The van der Waals surface area contributed by atoms with Crippen molar-refractivity contribution in [3.63, 3.8) is 0 Å². The molecule has 0 saturated heterocycles. The number of nitrogens with one attached hydrogen (secondary N) is 2. The van der Waals surface area contributed by atoms with Crippen LogP contribution in [-0.2, 0) is 17.9 Å². The maximum atomic E-state index is 11.5. The van der Waals surface area contributed by atoms with Crippen molar-refractivity contribution in [1.29, 1.82) is 0 Å². The number of hydrogen-bond acceptors (Lipinski definition) is 4. The summed E-state index contributed by atoms with van der Waals surface area (Å²) < 4.78 is 1.92. The average Bonchev–Trinajstić information content (AvgIpc) is 3.03. The first kappa shape index (κ1) is 12.0. The topological polar surface area (TPSA) is 71.8 Å². The van der Waals surface area contributed by atoms with E-state index < -0.39 is 0 Å². The van der Waals surface area contributed by atoms with E-state index in [1.54, 1.807) is 6.33 Å². The van der Waals surface area contributed by atoms with Gasteiger partial charge in [-0.3, -0.25) is 4.79 Å². The smallest absolute Gasteiger partial charge is 0.221 e. The minimum atomic E-state index is 0.0591. The Kier molecular flexibility index (Phi) is 4.08. The number of nitrogens with zero attached hydrogens (tertiary/aromatic N) is 3. The molecule has 6 heteroatoms. The Morgan fingerprint density at radius 2 is 2.41 bits per heavy atom. The molecule has 1 heterocycles. The molecule has 0 radical (unpaired) electrons. The maximum Gasteiger partial charge on any atom is 0.221 e. The maximum absolute atomic E-state index is 11.5. The molecule has 0 atom stereocenters. The molecule has 1 aliphatic carbocycles. The van der Waals surface area contributed by atoms with Crippen LogP contribution in [0.4, 0.5) is 0 Å². The molecule has 1 amide bonds. The lowest BCUT2D eigenvalue weighted by molar-refractivity contribution is -0.121. The Balaban J connectivity index is 1.64. The first-order chi connectivity index (χ1) is 8.29. The van der Waals surface area contributed by atoms with Gasteiger partial charge in [0.25, 0.3) is 0 Å². The Hall–Kier alpha value is -1.43. The summed E-state index contributed by atoms with van der Waals surface area (Å²) in [5.74, 6) is 0.861. The number of aromatic nitrogens is 3. The summed E-state index contributed by atoms with van der Waals surface area (Å²) in [7, 11) is 0. The summed E-state index contributed by atoms with van der Waals surface area (Å²) in [6, 6.07) is 0.658. The van der Waals surface area contributed by atoms with Crippen molar-refractivity contribution in [2.45, 2.75) is 45.3 Å². The van der Waals surface area contributed by atoms with Gasteiger partial charge in [-0.05, 0) is 19.8 Å². The Bertz CT molecular complexity index is 372. The highest BCUT2D eigenvalue weighted by molar-refractivity contribution is 5.75. The van der Waals surface area contributed by atoms with Gasteiger partial charge < -0.3 is 15.2 Å². The molecule has 1 fully saturated rings. The fourth-order valence-corrected chi connectivity index (χ4v) is 1.62. The van der Waals surface area contributed by atoms with Gasteiger partial charge in [-0.25, -0.2) is 0 Å². The quantitative estimate of drug-likeness (QED) is 0.703. The molecule has 0 unspecified atom stereocenters. The van der Waals surface area contributed by atoms with Crippen molar-refractivity contribution in [3.8, 4) is 0 Å². The molecule has 1 aliphatic rings. The summed E-state index contributed by atoms with van der Waals surface area (Å²) >= 11 is 0. The molecular weight excluding hydrogens is 218 g/mol. The van der Waals surface area contributed by atoms with Crippen molar-refractivity contribution in [2.75, 3.05) is 6.54 Å². The van der Waals surface area contributed by atoms with Crippen LogP contribution in [-0.4, -0.2) is 33.3 Å². The van der Waals surface area contributed by atoms with E-state index in [4.69, 9.17) is 0 Å². The lowest BCUT2D eigenvalue weighted by Gasteiger charge is -2.06. The largest absolute Gasteiger partial charge is 0.349 e. The summed E-state index contributed by atoms with van der Waals surface area (Å²) in [5, 5.41) is 13.9. The van der Waals surface area contributed by atoms with E-state index in [1.165, 1.54) is 12.8 Å². The third kappa shape index (κ3) is 3.81. The second kappa shape index (κ2) is 5.77. The van der Waals surface area contributed by atoms with Crippen LogP contribution in [0.3, 0.4) is 0 Å². The Morgan fingerprint density at radius 3 is 3.12 bits per heavy atom. The zero-order chi connectivity index (χ0) is 12.1. The highest BCUT2D eigenvalue weighted by Gasteiger charge is 2.20. The fourth-order valence-electron chi connectivity index (χ4n) is 1.62. The van der Waals surface area contributed by atoms with Crippen molar-refractivity contribution >= 4 is 5.91 Å². The first-order valence-corrected chi connectivity index (χ1v) is 6.16. The normalized spacial score (nSPS) is 14.9. The standard InChI is InChI=1S/C11H19N5O/c1-2-16-8-14-15-10(16)7-13-11(17)5-6-12-9-3-4-9/h8-9,12H,2-7H2,1H3,(H,13,17). The zero-order valence-electron chi connectivity index (χ0n) is 10.1. The van der Waals surface area contributed by atoms with Gasteiger partial charge >= 0.3 is 0 Å². The van der Waals surface area contributed by atoms with Gasteiger partial charge in [0.1, 0.15) is 6.33 Å². The first-order valence-electron chi connectivity index (χ1n) is 6.16. The van der Waals surface area contributed by atoms with Gasteiger partial charge in [-0.2, -0.15) is 0 Å². The molecule has 17 heavy (non-hydrogen) atoms.